The van der Waals surface area contributed by atoms with E-state index in [2.05, 4.69) is 25.9 Å². The largest absolute Gasteiger partial charge is 0.495 e. The molecule has 0 saturated carbocycles. The van der Waals surface area contributed by atoms with Crippen molar-refractivity contribution < 1.29 is 28.5 Å². The Morgan fingerprint density at radius 3 is 2.44 bits per heavy atom. The minimum Gasteiger partial charge on any atom is -0.495 e. The highest BCUT2D eigenvalue weighted by Gasteiger charge is 2.15. The summed E-state index contributed by atoms with van der Waals surface area (Å²) < 4.78 is 23.1. The Kier molecular flexibility index (Phi) is 10.8. The fraction of sp³-hybridized carbons (Fsp3) is 0.333. The van der Waals surface area contributed by atoms with E-state index >= 15 is 0 Å². The van der Waals surface area contributed by atoms with Crippen LogP contribution in [0, 0.1) is 0 Å². The SMILES string of the molecule is COc1ccc(-c2cnc3c(Nc4ccc(NC(=O)COCCOCCNC(=O)OC(C)(C)C)cc4)nccn23)cc1Cl. The zero-order valence-corrected chi connectivity index (χ0v) is 25.2. The summed E-state index contributed by atoms with van der Waals surface area (Å²) in [5, 5.41) is 9.18. The number of halogens is 1. The lowest BCUT2D eigenvalue weighted by molar-refractivity contribution is -0.121. The number of anilines is 3. The molecule has 0 radical (unpaired) electrons. The molecular weight excluding hydrogens is 576 g/mol. The van der Waals surface area contributed by atoms with Crippen molar-refractivity contribution in [3.8, 4) is 17.0 Å². The van der Waals surface area contributed by atoms with E-state index in [1.165, 1.54) is 0 Å². The van der Waals surface area contributed by atoms with Gasteiger partial charge in [-0.2, -0.15) is 0 Å². The van der Waals surface area contributed by atoms with Gasteiger partial charge in [0.15, 0.2) is 11.5 Å². The van der Waals surface area contributed by atoms with Gasteiger partial charge in [-0.05, 0) is 63.2 Å². The first-order valence-corrected chi connectivity index (χ1v) is 14.0. The molecule has 3 N–H and O–H groups in total. The van der Waals surface area contributed by atoms with Crippen LogP contribution in [0.15, 0.2) is 61.1 Å². The van der Waals surface area contributed by atoms with Crippen molar-refractivity contribution in [1.82, 2.24) is 19.7 Å². The molecule has 4 rings (SSSR count). The van der Waals surface area contributed by atoms with Gasteiger partial charge in [-0.1, -0.05) is 11.6 Å². The summed E-state index contributed by atoms with van der Waals surface area (Å²) in [7, 11) is 1.57. The second-order valence-corrected chi connectivity index (χ2v) is 10.7. The van der Waals surface area contributed by atoms with Gasteiger partial charge in [0.1, 0.15) is 18.0 Å². The van der Waals surface area contributed by atoms with E-state index in [0.29, 0.717) is 41.1 Å². The van der Waals surface area contributed by atoms with Crippen molar-refractivity contribution in [3.63, 3.8) is 0 Å². The third kappa shape index (κ3) is 9.30. The molecule has 0 spiro atoms. The normalized spacial score (nSPS) is 11.3. The minimum atomic E-state index is -0.550. The van der Waals surface area contributed by atoms with E-state index in [4.69, 9.17) is 30.5 Å². The molecule has 0 atom stereocenters. The molecule has 0 bridgehead atoms. The summed E-state index contributed by atoms with van der Waals surface area (Å²) in [6.45, 7) is 6.41. The van der Waals surface area contributed by atoms with E-state index < -0.39 is 11.7 Å². The van der Waals surface area contributed by atoms with Crippen molar-refractivity contribution in [2.75, 3.05) is 50.7 Å². The Bertz CT molecular complexity index is 1540. The molecule has 2 amide bonds. The van der Waals surface area contributed by atoms with Crippen molar-refractivity contribution >= 4 is 46.4 Å². The Balaban J connectivity index is 1.21. The number of nitrogens with one attached hydrogen (secondary N) is 3. The van der Waals surface area contributed by atoms with Crippen LogP contribution in [-0.2, 0) is 19.0 Å². The number of methoxy groups -OCH3 is 1. The molecule has 0 fully saturated rings. The maximum Gasteiger partial charge on any atom is 0.407 e. The van der Waals surface area contributed by atoms with E-state index in [0.717, 1.165) is 16.9 Å². The number of benzene rings is 2. The molecule has 2 aromatic carbocycles. The first-order chi connectivity index (χ1) is 20.6. The Labute approximate surface area is 254 Å². The third-order valence-corrected chi connectivity index (χ3v) is 6.12. The molecule has 2 heterocycles. The highest BCUT2D eigenvalue weighted by molar-refractivity contribution is 6.32. The molecule has 0 saturated heterocycles. The number of fused-ring (bicyclic) bond motifs is 1. The summed E-state index contributed by atoms with van der Waals surface area (Å²) in [4.78, 5) is 32.8. The van der Waals surface area contributed by atoms with Crippen molar-refractivity contribution in [3.05, 3.63) is 66.1 Å². The quantitative estimate of drug-likeness (QED) is 0.172. The predicted octanol–water partition coefficient (Wildman–Crippen LogP) is 5.30. The van der Waals surface area contributed by atoms with Gasteiger partial charge in [0, 0.05) is 35.9 Å². The highest BCUT2D eigenvalue weighted by Crippen LogP contribution is 2.31. The number of carbonyl (C=O) groups is 2. The van der Waals surface area contributed by atoms with Crippen LogP contribution >= 0.6 is 11.6 Å². The van der Waals surface area contributed by atoms with Gasteiger partial charge in [0.2, 0.25) is 5.91 Å². The molecule has 0 aliphatic rings. The number of amides is 2. The van der Waals surface area contributed by atoms with Crippen LogP contribution in [0.3, 0.4) is 0 Å². The number of hydrogen-bond donors (Lipinski definition) is 3. The number of alkyl carbamates (subject to hydrolysis) is 1. The van der Waals surface area contributed by atoms with Crippen LogP contribution < -0.4 is 20.7 Å². The number of rotatable bonds is 13. The topological polar surface area (TPSA) is 137 Å². The number of ether oxygens (including phenoxy) is 4. The van der Waals surface area contributed by atoms with Gasteiger partial charge in [-0.3, -0.25) is 9.20 Å². The third-order valence-electron chi connectivity index (χ3n) is 5.83. The van der Waals surface area contributed by atoms with Crippen LogP contribution in [0.2, 0.25) is 5.02 Å². The maximum absolute atomic E-state index is 12.2. The number of carbonyl (C=O) groups excluding carboxylic acids is 2. The molecule has 4 aromatic rings. The highest BCUT2D eigenvalue weighted by atomic mass is 35.5. The first kappa shape index (κ1) is 31.5. The fourth-order valence-corrected chi connectivity index (χ4v) is 4.20. The van der Waals surface area contributed by atoms with Crippen LogP contribution in [-0.4, -0.2) is 72.1 Å². The number of nitrogens with zero attached hydrogens (tertiary/aromatic N) is 3. The number of aromatic nitrogens is 3. The van der Waals surface area contributed by atoms with Crippen LogP contribution in [0.25, 0.3) is 16.9 Å². The lowest BCUT2D eigenvalue weighted by atomic mass is 10.1. The zero-order chi connectivity index (χ0) is 30.8. The van der Waals surface area contributed by atoms with E-state index in [-0.39, 0.29) is 25.7 Å². The lowest BCUT2D eigenvalue weighted by Gasteiger charge is -2.19. The molecule has 0 aliphatic heterocycles. The van der Waals surface area contributed by atoms with E-state index in [1.54, 1.807) is 52.4 Å². The van der Waals surface area contributed by atoms with Gasteiger partial charge in [-0.25, -0.2) is 14.8 Å². The van der Waals surface area contributed by atoms with Crippen LogP contribution in [0.1, 0.15) is 20.8 Å². The van der Waals surface area contributed by atoms with Crippen molar-refractivity contribution in [2.45, 2.75) is 26.4 Å². The average Bonchev–Trinajstić information content (AvgIpc) is 3.40. The molecular formula is C30H35ClN6O6. The standard InChI is InChI=1S/C30H35ClN6O6/c1-30(2,3)43-29(39)33-12-14-41-15-16-42-19-26(38)35-21-6-8-22(9-7-21)36-27-28-34-18-24(37(28)13-11-32-27)20-5-10-25(40-4)23(31)17-20/h5-11,13,17-18H,12,14-16,19H2,1-4H3,(H,32,36)(H,33,39)(H,35,38). The van der Waals surface area contributed by atoms with Gasteiger partial charge >= 0.3 is 6.09 Å². The van der Waals surface area contributed by atoms with Crippen LogP contribution in [0.4, 0.5) is 22.0 Å². The minimum absolute atomic E-state index is 0.118. The zero-order valence-electron chi connectivity index (χ0n) is 24.5. The summed E-state index contributed by atoms with van der Waals surface area (Å²) in [6, 6.07) is 12.8. The summed E-state index contributed by atoms with van der Waals surface area (Å²) >= 11 is 6.32. The summed E-state index contributed by atoms with van der Waals surface area (Å²) in [5.74, 6) is 0.881. The second-order valence-electron chi connectivity index (χ2n) is 10.3. The molecule has 228 valence electrons. The molecule has 0 aliphatic carbocycles. The van der Waals surface area contributed by atoms with Crippen LogP contribution in [0.5, 0.6) is 5.75 Å². The lowest BCUT2D eigenvalue weighted by Crippen LogP contribution is -2.34. The predicted molar refractivity (Wildman–Crippen MR) is 164 cm³/mol. The maximum atomic E-state index is 12.2. The van der Waals surface area contributed by atoms with Gasteiger partial charge in [0.05, 0.1) is 43.8 Å². The Morgan fingerprint density at radius 2 is 1.72 bits per heavy atom. The first-order valence-electron chi connectivity index (χ1n) is 13.6. The molecule has 13 heteroatoms. The van der Waals surface area contributed by atoms with E-state index in [9.17, 15) is 9.59 Å². The summed E-state index contributed by atoms with van der Waals surface area (Å²) in [6.07, 6.45) is 4.78. The number of imidazole rings is 1. The smallest absolute Gasteiger partial charge is 0.407 e. The molecule has 43 heavy (non-hydrogen) atoms. The number of hydrogen-bond acceptors (Lipinski definition) is 9. The fourth-order valence-electron chi connectivity index (χ4n) is 3.94. The Morgan fingerprint density at radius 1 is 0.977 bits per heavy atom. The summed E-state index contributed by atoms with van der Waals surface area (Å²) in [5.41, 5.74) is 3.22. The monoisotopic (exact) mass is 610 g/mol. The van der Waals surface area contributed by atoms with Gasteiger partial charge in [0.25, 0.3) is 0 Å². The van der Waals surface area contributed by atoms with Crippen molar-refractivity contribution in [1.29, 1.82) is 0 Å². The molecule has 0 unspecified atom stereocenters. The molecule has 12 nitrogen and oxygen atoms in total. The second kappa shape index (κ2) is 14.7. The average molecular weight is 611 g/mol. The van der Waals surface area contributed by atoms with Gasteiger partial charge < -0.3 is 34.9 Å². The van der Waals surface area contributed by atoms with Gasteiger partial charge in [-0.15, -0.1) is 0 Å². The molecule has 2 aromatic heterocycles. The van der Waals surface area contributed by atoms with E-state index in [1.807, 2.05) is 40.9 Å². The van der Waals surface area contributed by atoms with Crippen molar-refractivity contribution in [2.24, 2.45) is 0 Å². The Hall–Kier alpha value is -4.39.